The SMILES string of the molecule is C=CC(C)(C)CCC=CCCC#N. The molecule has 0 unspecified atom stereocenters. The number of unbranched alkanes of at least 4 members (excludes halogenated alkanes) is 1. The highest BCUT2D eigenvalue weighted by atomic mass is 14.2. The number of hydrogen-bond acceptors (Lipinski definition) is 1. The third-order valence-electron chi connectivity index (χ3n) is 2.10. The molecule has 72 valence electrons. The lowest BCUT2D eigenvalue weighted by molar-refractivity contribution is 0.443. The molecule has 1 nitrogen and oxygen atoms in total. The van der Waals surface area contributed by atoms with Crippen molar-refractivity contribution in [3.05, 3.63) is 24.8 Å². The van der Waals surface area contributed by atoms with Gasteiger partial charge in [-0.25, -0.2) is 0 Å². The van der Waals surface area contributed by atoms with Gasteiger partial charge in [-0.3, -0.25) is 0 Å². The highest BCUT2D eigenvalue weighted by Crippen LogP contribution is 2.23. The number of allylic oxidation sites excluding steroid dienone is 3. The summed E-state index contributed by atoms with van der Waals surface area (Å²) >= 11 is 0. The summed E-state index contributed by atoms with van der Waals surface area (Å²) < 4.78 is 0. The third kappa shape index (κ3) is 7.33. The van der Waals surface area contributed by atoms with Gasteiger partial charge in [0.15, 0.2) is 0 Å². The average Bonchev–Trinajstić information content (AvgIpc) is 2.11. The van der Waals surface area contributed by atoms with E-state index in [1.54, 1.807) is 0 Å². The fourth-order valence-corrected chi connectivity index (χ4v) is 0.941. The van der Waals surface area contributed by atoms with E-state index in [4.69, 9.17) is 5.26 Å². The van der Waals surface area contributed by atoms with E-state index in [2.05, 4.69) is 38.6 Å². The van der Waals surface area contributed by atoms with Crippen molar-refractivity contribution in [2.24, 2.45) is 5.41 Å². The van der Waals surface area contributed by atoms with Crippen molar-refractivity contribution in [1.82, 2.24) is 0 Å². The Morgan fingerprint density at radius 3 is 2.46 bits per heavy atom. The summed E-state index contributed by atoms with van der Waals surface area (Å²) in [6, 6.07) is 2.12. The summed E-state index contributed by atoms with van der Waals surface area (Å²) in [4.78, 5) is 0. The summed E-state index contributed by atoms with van der Waals surface area (Å²) in [6.45, 7) is 8.16. The van der Waals surface area contributed by atoms with Gasteiger partial charge in [-0.2, -0.15) is 5.26 Å². The molecule has 0 aromatic rings. The van der Waals surface area contributed by atoms with Gasteiger partial charge in [-0.1, -0.05) is 32.1 Å². The van der Waals surface area contributed by atoms with E-state index >= 15 is 0 Å². The smallest absolute Gasteiger partial charge is 0.0624 e. The molecule has 0 saturated heterocycles. The van der Waals surface area contributed by atoms with Crippen LogP contribution in [0.25, 0.3) is 0 Å². The van der Waals surface area contributed by atoms with E-state index in [1.165, 1.54) is 0 Å². The minimum absolute atomic E-state index is 0.236. The van der Waals surface area contributed by atoms with Gasteiger partial charge in [0.25, 0.3) is 0 Å². The molecular formula is C12H19N. The van der Waals surface area contributed by atoms with Crippen LogP contribution in [-0.4, -0.2) is 0 Å². The Bertz CT molecular complexity index is 206. The Balaban J connectivity index is 3.51. The molecule has 0 fully saturated rings. The quantitative estimate of drug-likeness (QED) is 0.446. The highest BCUT2D eigenvalue weighted by Gasteiger charge is 2.10. The normalized spacial score (nSPS) is 11.5. The summed E-state index contributed by atoms with van der Waals surface area (Å²) in [5, 5.41) is 8.29. The maximum atomic E-state index is 8.29. The molecule has 0 spiro atoms. The molecule has 0 radical (unpaired) electrons. The summed E-state index contributed by atoms with van der Waals surface area (Å²) in [7, 11) is 0. The van der Waals surface area contributed by atoms with Crippen LogP contribution in [0.4, 0.5) is 0 Å². The van der Waals surface area contributed by atoms with Crippen LogP contribution in [0, 0.1) is 16.7 Å². The van der Waals surface area contributed by atoms with Crippen LogP contribution in [0.15, 0.2) is 24.8 Å². The second-order valence-electron chi connectivity index (χ2n) is 3.90. The predicted octanol–water partition coefficient (Wildman–Crippen LogP) is 3.84. The Hall–Kier alpha value is -1.03. The zero-order chi connectivity index (χ0) is 10.2. The minimum Gasteiger partial charge on any atom is -0.198 e. The van der Waals surface area contributed by atoms with Crippen LogP contribution in [0.5, 0.6) is 0 Å². The first-order valence-electron chi connectivity index (χ1n) is 4.78. The lowest BCUT2D eigenvalue weighted by Gasteiger charge is -2.17. The van der Waals surface area contributed by atoms with Crippen LogP contribution in [0.1, 0.15) is 39.5 Å². The van der Waals surface area contributed by atoms with Gasteiger partial charge in [-0.15, -0.1) is 6.58 Å². The molecule has 0 amide bonds. The van der Waals surface area contributed by atoms with E-state index in [9.17, 15) is 0 Å². The highest BCUT2D eigenvalue weighted by molar-refractivity contribution is 4.91. The largest absolute Gasteiger partial charge is 0.198 e. The molecule has 0 aromatic heterocycles. The monoisotopic (exact) mass is 177 g/mol. The lowest BCUT2D eigenvalue weighted by atomic mass is 9.88. The molecule has 0 aliphatic heterocycles. The Labute approximate surface area is 81.8 Å². The molecule has 1 heteroatoms. The van der Waals surface area contributed by atoms with Crippen LogP contribution in [-0.2, 0) is 0 Å². The molecule has 0 atom stereocenters. The maximum absolute atomic E-state index is 8.29. The second-order valence-corrected chi connectivity index (χ2v) is 3.90. The predicted molar refractivity (Wildman–Crippen MR) is 57.2 cm³/mol. The van der Waals surface area contributed by atoms with Crippen molar-refractivity contribution >= 4 is 0 Å². The van der Waals surface area contributed by atoms with Gasteiger partial charge in [0.2, 0.25) is 0 Å². The fraction of sp³-hybridized carbons (Fsp3) is 0.583. The molecule has 0 N–H and O–H groups in total. The average molecular weight is 177 g/mol. The maximum Gasteiger partial charge on any atom is 0.0624 e. The van der Waals surface area contributed by atoms with E-state index in [0.717, 1.165) is 19.3 Å². The molecule has 0 saturated carbocycles. The molecule has 0 rings (SSSR count). The molecule has 13 heavy (non-hydrogen) atoms. The van der Waals surface area contributed by atoms with Crippen molar-refractivity contribution in [2.45, 2.75) is 39.5 Å². The van der Waals surface area contributed by atoms with Crippen molar-refractivity contribution in [3.8, 4) is 6.07 Å². The number of nitrogens with zero attached hydrogens (tertiary/aromatic N) is 1. The number of rotatable bonds is 6. The minimum atomic E-state index is 0.236. The molecule has 0 aromatic carbocycles. The second kappa shape index (κ2) is 6.48. The molecule has 0 heterocycles. The Morgan fingerprint density at radius 2 is 1.92 bits per heavy atom. The molecule has 0 aliphatic rings. The molecule has 0 bridgehead atoms. The lowest BCUT2D eigenvalue weighted by Crippen LogP contribution is -2.05. The molecular weight excluding hydrogens is 158 g/mol. The Morgan fingerprint density at radius 1 is 1.31 bits per heavy atom. The van der Waals surface area contributed by atoms with E-state index < -0.39 is 0 Å². The summed E-state index contributed by atoms with van der Waals surface area (Å²) in [6.07, 6.45) is 9.94. The first-order chi connectivity index (χ1) is 6.12. The third-order valence-corrected chi connectivity index (χ3v) is 2.10. The van der Waals surface area contributed by atoms with Gasteiger partial charge >= 0.3 is 0 Å². The first kappa shape index (κ1) is 12.0. The van der Waals surface area contributed by atoms with E-state index in [-0.39, 0.29) is 5.41 Å². The van der Waals surface area contributed by atoms with Gasteiger partial charge in [0.05, 0.1) is 6.07 Å². The van der Waals surface area contributed by atoms with Gasteiger partial charge in [-0.05, 0) is 24.7 Å². The van der Waals surface area contributed by atoms with Crippen LogP contribution >= 0.6 is 0 Å². The van der Waals surface area contributed by atoms with Gasteiger partial charge in [0, 0.05) is 6.42 Å². The van der Waals surface area contributed by atoms with Crippen LogP contribution in [0.2, 0.25) is 0 Å². The zero-order valence-corrected chi connectivity index (χ0v) is 8.71. The van der Waals surface area contributed by atoms with Crippen molar-refractivity contribution in [2.75, 3.05) is 0 Å². The summed E-state index contributed by atoms with van der Waals surface area (Å²) in [5.41, 5.74) is 0.236. The van der Waals surface area contributed by atoms with Crippen molar-refractivity contribution in [3.63, 3.8) is 0 Å². The molecule has 0 aliphatic carbocycles. The van der Waals surface area contributed by atoms with Crippen LogP contribution < -0.4 is 0 Å². The van der Waals surface area contributed by atoms with Crippen molar-refractivity contribution in [1.29, 1.82) is 5.26 Å². The summed E-state index contributed by atoms with van der Waals surface area (Å²) in [5.74, 6) is 0. The van der Waals surface area contributed by atoms with Gasteiger partial charge in [0.1, 0.15) is 0 Å². The van der Waals surface area contributed by atoms with Gasteiger partial charge < -0.3 is 0 Å². The standard InChI is InChI=1S/C12H19N/c1-4-12(2,3)10-8-6-5-7-9-11-13/h4-6H,1,7-10H2,2-3H3. The number of hydrogen-bond donors (Lipinski definition) is 0. The zero-order valence-electron chi connectivity index (χ0n) is 8.71. The van der Waals surface area contributed by atoms with Crippen molar-refractivity contribution < 1.29 is 0 Å². The topological polar surface area (TPSA) is 23.8 Å². The Kier molecular flexibility index (Phi) is 5.97. The fourth-order valence-electron chi connectivity index (χ4n) is 0.941. The first-order valence-corrected chi connectivity index (χ1v) is 4.78. The number of nitriles is 1. The van der Waals surface area contributed by atoms with Crippen LogP contribution in [0.3, 0.4) is 0 Å². The van der Waals surface area contributed by atoms with E-state index in [1.807, 2.05) is 6.08 Å². The van der Waals surface area contributed by atoms with E-state index in [0.29, 0.717) is 6.42 Å².